The van der Waals surface area contributed by atoms with Crippen molar-refractivity contribution in [2.75, 3.05) is 13.6 Å². The van der Waals surface area contributed by atoms with Crippen molar-refractivity contribution in [3.63, 3.8) is 0 Å². The molecule has 1 saturated carbocycles. The highest BCUT2D eigenvalue weighted by Gasteiger charge is 2.26. The van der Waals surface area contributed by atoms with E-state index in [1.54, 1.807) is 12.1 Å². The van der Waals surface area contributed by atoms with Gasteiger partial charge in [0.1, 0.15) is 6.54 Å². The molecule has 2 rings (SSSR count). The van der Waals surface area contributed by atoms with Gasteiger partial charge in [0.15, 0.2) is 6.10 Å². The number of benzene rings is 1. The Morgan fingerprint density at radius 3 is 2.38 bits per heavy atom. The molecule has 1 aromatic rings. The fraction of sp³-hybridized carbons (Fsp3) is 0.556. The smallest absolute Gasteiger partial charge is 0.322 e. The number of carbonyl (C=O) groups is 2. The largest absolute Gasteiger partial charge is 0.452 e. The third-order valence-corrected chi connectivity index (χ3v) is 6.28. The molecule has 0 aromatic heterocycles. The van der Waals surface area contributed by atoms with Crippen molar-refractivity contribution in [2.24, 2.45) is 0 Å². The summed E-state index contributed by atoms with van der Waals surface area (Å²) in [7, 11) is -2.49. The Hall–Kier alpha value is -1.93. The number of carbonyl (C=O) groups excluding carboxylic acids is 2. The molecule has 144 valence electrons. The number of nitrogens with zero attached hydrogens (tertiary/aromatic N) is 1. The Morgan fingerprint density at radius 2 is 1.81 bits per heavy atom. The zero-order valence-electron chi connectivity index (χ0n) is 15.4. The van der Waals surface area contributed by atoms with Crippen molar-refractivity contribution < 1.29 is 22.7 Å². The van der Waals surface area contributed by atoms with E-state index in [0.717, 1.165) is 35.6 Å². The van der Waals surface area contributed by atoms with Crippen molar-refractivity contribution in [3.8, 4) is 0 Å². The first-order valence-electron chi connectivity index (χ1n) is 8.73. The van der Waals surface area contributed by atoms with Crippen molar-refractivity contribution >= 4 is 21.9 Å². The lowest BCUT2D eigenvalue weighted by Crippen LogP contribution is -2.42. The number of aryl methyl sites for hydroxylation is 1. The van der Waals surface area contributed by atoms with Gasteiger partial charge in [-0.3, -0.25) is 9.59 Å². The molecule has 1 N–H and O–H groups in total. The van der Waals surface area contributed by atoms with Crippen LogP contribution in [-0.4, -0.2) is 50.3 Å². The van der Waals surface area contributed by atoms with Gasteiger partial charge in [-0.25, -0.2) is 8.42 Å². The average Bonchev–Trinajstić information content (AvgIpc) is 3.07. The highest BCUT2D eigenvalue weighted by Crippen LogP contribution is 2.18. The molecule has 1 fully saturated rings. The molecule has 0 spiro atoms. The van der Waals surface area contributed by atoms with E-state index in [4.69, 9.17) is 4.74 Å². The fourth-order valence-electron chi connectivity index (χ4n) is 2.83. The van der Waals surface area contributed by atoms with Gasteiger partial charge >= 0.3 is 5.97 Å². The van der Waals surface area contributed by atoms with Gasteiger partial charge < -0.3 is 10.1 Å². The van der Waals surface area contributed by atoms with Crippen LogP contribution in [-0.2, 0) is 24.3 Å². The Kier molecular flexibility index (Phi) is 6.77. The van der Waals surface area contributed by atoms with E-state index in [1.807, 2.05) is 6.92 Å². The predicted molar refractivity (Wildman–Crippen MR) is 96.9 cm³/mol. The first-order valence-corrected chi connectivity index (χ1v) is 10.2. The lowest BCUT2D eigenvalue weighted by atomic mass is 10.2. The van der Waals surface area contributed by atoms with Gasteiger partial charge in [0.05, 0.1) is 4.90 Å². The summed E-state index contributed by atoms with van der Waals surface area (Å²) in [6.07, 6.45) is 3.08. The van der Waals surface area contributed by atoms with Gasteiger partial charge in [0, 0.05) is 13.1 Å². The van der Waals surface area contributed by atoms with E-state index >= 15 is 0 Å². The summed E-state index contributed by atoms with van der Waals surface area (Å²) in [5, 5.41) is 2.85. The third kappa shape index (κ3) is 5.28. The van der Waals surface area contributed by atoms with E-state index in [-0.39, 0.29) is 16.8 Å². The van der Waals surface area contributed by atoms with Gasteiger partial charge in [-0.05, 0) is 38.8 Å². The molecule has 0 bridgehead atoms. The average molecular weight is 382 g/mol. The molecule has 1 atom stereocenters. The van der Waals surface area contributed by atoms with Crippen LogP contribution in [0.2, 0.25) is 0 Å². The highest BCUT2D eigenvalue weighted by atomic mass is 32.2. The Balaban J connectivity index is 1.89. The second-order valence-corrected chi connectivity index (χ2v) is 8.74. The molecule has 0 radical (unpaired) electrons. The molecule has 0 heterocycles. The van der Waals surface area contributed by atoms with Crippen LogP contribution in [0.15, 0.2) is 29.2 Å². The van der Waals surface area contributed by atoms with Gasteiger partial charge in [-0.1, -0.05) is 30.5 Å². The minimum Gasteiger partial charge on any atom is -0.452 e. The summed E-state index contributed by atoms with van der Waals surface area (Å²) >= 11 is 0. The van der Waals surface area contributed by atoms with Crippen LogP contribution in [0.25, 0.3) is 0 Å². The normalized spacial score (nSPS) is 16.5. The van der Waals surface area contributed by atoms with Crippen LogP contribution in [0.5, 0.6) is 0 Å². The van der Waals surface area contributed by atoms with E-state index in [9.17, 15) is 18.0 Å². The lowest BCUT2D eigenvalue weighted by Gasteiger charge is -2.20. The van der Waals surface area contributed by atoms with E-state index in [0.29, 0.717) is 0 Å². The van der Waals surface area contributed by atoms with Crippen molar-refractivity contribution in [2.45, 2.75) is 56.6 Å². The molecular weight excluding hydrogens is 356 g/mol. The molecule has 26 heavy (non-hydrogen) atoms. The molecule has 1 aromatic carbocycles. The van der Waals surface area contributed by atoms with Crippen LogP contribution < -0.4 is 5.32 Å². The number of nitrogens with one attached hydrogen (secondary N) is 1. The molecule has 7 nitrogen and oxygen atoms in total. The monoisotopic (exact) mass is 382 g/mol. The number of sulfonamides is 1. The molecule has 1 aliphatic rings. The van der Waals surface area contributed by atoms with Crippen molar-refractivity contribution in [1.82, 2.24) is 9.62 Å². The maximum Gasteiger partial charge on any atom is 0.322 e. The van der Waals surface area contributed by atoms with Crippen LogP contribution in [0, 0.1) is 6.92 Å². The van der Waals surface area contributed by atoms with Gasteiger partial charge in [0.2, 0.25) is 10.0 Å². The summed E-state index contributed by atoms with van der Waals surface area (Å²) in [5.41, 5.74) is 0.938. The maximum atomic E-state index is 12.5. The molecule has 8 heteroatoms. The van der Waals surface area contributed by atoms with Crippen LogP contribution in [0.1, 0.15) is 38.2 Å². The number of hydrogen-bond donors (Lipinski definition) is 1. The molecule has 1 amide bonds. The molecule has 0 saturated heterocycles. The summed E-state index contributed by atoms with van der Waals surface area (Å²) in [4.78, 5) is 24.2. The summed E-state index contributed by atoms with van der Waals surface area (Å²) in [6.45, 7) is 2.88. The van der Waals surface area contributed by atoms with Crippen LogP contribution >= 0.6 is 0 Å². The Morgan fingerprint density at radius 1 is 1.23 bits per heavy atom. The SMILES string of the molecule is Cc1ccc(S(=O)(=O)N(C)CC(=O)O[C@@H](C)C(=O)NC2CCCC2)cc1. The number of rotatable bonds is 7. The minimum absolute atomic E-state index is 0.102. The quantitative estimate of drug-likeness (QED) is 0.723. The van der Waals surface area contributed by atoms with Gasteiger partial charge in [-0.15, -0.1) is 0 Å². The Labute approximate surface area is 154 Å². The first kappa shape index (κ1) is 20.4. The molecular formula is C18H26N2O5S. The van der Waals surface area contributed by atoms with Crippen LogP contribution in [0.4, 0.5) is 0 Å². The summed E-state index contributed by atoms with van der Waals surface area (Å²) in [6, 6.07) is 6.49. The number of likely N-dealkylation sites (N-methyl/N-ethyl adjacent to an activating group) is 1. The standard InChI is InChI=1S/C18H26N2O5S/c1-13-8-10-16(11-9-13)26(23,24)20(3)12-17(21)25-14(2)18(22)19-15-6-4-5-7-15/h8-11,14-15H,4-7,12H2,1-3H3,(H,19,22)/t14-/m0/s1. The second kappa shape index (κ2) is 8.64. The number of esters is 1. The van der Waals surface area contributed by atoms with Crippen molar-refractivity contribution in [3.05, 3.63) is 29.8 Å². The first-order chi connectivity index (χ1) is 12.2. The van der Waals surface area contributed by atoms with E-state index in [2.05, 4.69) is 5.32 Å². The molecule has 1 aliphatic carbocycles. The summed E-state index contributed by atoms with van der Waals surface area (Å²) < 4.78 is 30.9. The minimum atomic E-state index is -3.79. The van der Waals surface area contributed by atoms with Gasteiger partial charge in [-0.2, -0.15) is 4.31 Å². The zero-order chi connectivity index (χ0) is 19.3. The van der Waals surface area contributed by atoms with E-state index < -0.39 is 28.6 Å². The Bertz CT molecular complexity index is 739. The van der Waals surface area contributed by atoms with E-state index in [1.165, 1.54) is 26.1 Å². The number of hydrogen-bond acceptors (Lipinski definition) is 5. The van der Waals surface area contributed by atoms with Gasteiger partial charge in [0.25, 0.3) is 5.91 Å². The predicted octanol–water partition coefficient (Wildman–Crippen LogP) is 1.61. The number of amides is 1. The van der Waals surface area contributed by atoms with Crippen molar-refractivity contribution in [1.29, 1.82) is 0 Å². The molecule has 0 aliphatic heterocycles. The van der Waals surface area contributed by atoms with Crippen LogP contribution in [0.3, 0.4) is 0 Å². The fourth-order valence-corrected chi connectivity index (χ4v) is 3.95. The summed E-state index contributed by atoms with van der Waals surface area (Å²) in [5.74, 6) is -1.12. The third-order valence-electron chi connectivity index (χ3n) is 4.46. The number of ether oxygens (including phenoxy) is 1. The maximum absolute atomic E-state index is 12.5. The topological polar surface area (TPSA) is 92.8 Å². The lowest BCUT2D eigenvalue weighted by molar-refractivity contribution is -0.155. The highest BCUT2D eigenvalue weighted by molar-refractivity contribution is 7.89. The molecule has 0 unspecified atom stereocenters. The second-order valence-electron chi connectivity index (χ2n) is 6.70. The zero-order valence-corrected chi connectivity index (χ0v) is 16.2.